The van der Waals surface area contributed by atoms with E-state index in [1.54, 1.807) is 19.0 Å². The van der Waals surface area contributed by atoms with E-state index in [0.29, 0.717) is 90.7 Å². The van der Waals surface area contributed by atoms with Crippen molar-refractivity contribution in [2.75, 3.05) is 95.6 Å². The highest BCUT2D eigenvalue weighted by atomic mass is 35.5. The summed E-state index contributed by atoms with van der Waals surface area (Å²) in [5, 5.41) is 0.148. The number of nitrogens with two attached hydrogens (primary N) is 1. The number of rotatable bonds is 12. The van der Waals surface area contributed by atoms with E-state index in [9.17, 15) is 17.6 Å². The van der Waals surface area contributed by atoms with E-state index >= 15 is 0 Å². The largest absolute Gasteiger partial charge is 0.496 e. The van der Waals surface area contributed by atoms with Gasteiger partial charge in [0, 0.05) is 87.4 Å². The molecule has 0 atom stereocenters. The predicted octanol–water partition coefficient (Wildman–Crippen LogP) is 6.86. The second-order valence-electron chi connectivity index (χ2n) is 21.1. The van der Waals surface area contributed by atoms with Gasteiger partial charge in [-0.15, -0.1) is 0 Å². The summed E-state index contributed by atoms with van der Waals surface area (Å²) in [6, 6.07) is 2.78. The van der Waals surface area contributed by atoms with Gasteiger partial charge in [0.15, 0.2) is 11.6 Å². The number of ether oxygens (including phenoxy) is 6. The van der Waals surface area contributed by atoms with Crippen LogP contribution in [0.1, 0.15) is 105 Å². The van der Waals surface area contributed by atoms with E-state index in [4.69, 9.17) is 55.1 Å². The molecule has 76 heavy (non-hydrogen) atoms. The van der Waals surface area contributed by atoms with E-state index in [2.05, 4.69) is 63.6 Å². The van der Waals surface area contributed by atoms with E-state index in [0.717, 1.165) is 18.9 Å². The summed E-state index contributed by atoms with van der Waals surface area (Å²) in [6.45, 7) is 21.8. The summed E-state index contributed by atoms with van der Waals surface area (Å²) in [5.74, 6) is 1.17. The number of aliphatic imine (C=N–C) groups is 1. The third-order valence-electron chi connectivity index (χ3n) is 13.4. The van der Waals surface area contributed by atoms with Crippen LogP contribution in [0.4, 0.5) is 41.1 Å². The van der Waals surface area contributed by atoms with E-state index in [-0.39, 0.29) is 74.7 Å². The maximum absolute atomic E-state index is 13.7. The lowest BCUT2D eigenvalue weighted by atomic mass is 9.77. The van der Waals surface area contributed by atoms with Crippen LogP contribution in [0.2, 0.25) is 5.28 Å². The van der Waals surface area contributed by atoms with Crippen molar-refractivity contribution in [3.05, 3.63) is 40.9 Å². The van der Waals surface area contributed by atoms with Crippen molar-refractivity contribution in [1.29, 1.82) is 0 Å². The Hall–Kier alpha value is -5.38. The molecule has 0 saturated carbocycles. The first-order chi connectivity index (χ1) is 35.9. The molecule has 9 rings (SSSR count). The fraction of sp³-hybridized carbons (Fsp3) is 0.653. The van der Waals surface area contributed by atoms with Crippen LogP contribution in [0.5, 0.6) is 12.0 Å². The molecule has 9 heterocycles. The molecular weight excluding hydrogens is 1020 g/mol. The number of nitrogen functional groups attached to an aromatic ring is 1. The SMILES string of the molecule is CC1(C)COCCN1c1nc(Cl)nc(OC2CCOCC2)n1.CC1(C)COCCN1c1nc(OC2CCOCC2)nc(-c2cnc(N)cc2C(F)F)n1.CN(C)C=Nc1cc(C(F)F)c(B2OC(C)(C)C(C)(C)O2)cn1. The summed E-state index contributed by atoms with van der Waals surface area (Å²) in [5.41, 5.74) is 3.71. The molecule has 4 aromatic rings. The zero-order valence-corrected chi connectivity index (χ0v) is 45.5. The number of nitrogens with zero attached hydrogens (tertiary/aromatic N) is 12. The van der Waals surface area contributed by atoms with E-state index in [1.165, 1.54) is 24.8 Å². The number of hydrogen-bond donors (Lipinski definition) is 1. The molecule has 0 radical (unpaired) electrons. The van der Waals surface area contributed by atoms with Gasteiger partial charge in [-0.2, -0.15) is 29.9 Å². The molecule has 0 aromatic carbocycles. The Labute approximate surface area is 446 Å². The number of alkyl halides is 4. The lowest BCUT2D eigenvalue weighted by Crippen LogP contribution is -2.54. The Kier molecular flexibility index (Phi) is 19.1. The normalized spacial score (nSPS) is 20.5. The van der Waals surface area contributed by atoms with Crippen LogP contribution < -0.4 is 30.5 Å². The van der Waals surface area contributed by atoms with Gasteiger partial charge in [0.1, 0.15) is 18.0 Å². The zero-order chi connectivity index (χ0) is 55.0. The van der Waals surface area contributed by atoms with Crippen molar-refractivity contribution in [3.63, 3.8) is 0 Å². The van der Waals surface area contributed by atoms with Crippen LogP contribution >= 0.6 is 11.6 Å². The predicted molar refractivity (Wildman–Crippen MR) is 277 cm³/mol. The van der Waals surface area contributed by atoms with Crippen LogP contribution in [0.15, 0.2) is 29.5 Å². The van der Waals surface area contributed by atoms with Gasteiger partial charge in [0.2, 0.25) is 17.2 Å². The van der Waals surface area contributed by atoms with Gasteiger partial charge in [0.05, 0.1) is 81.5 Å². The summed E-state index contributed by atoms with van der Waals surface area (Å²) in [4.78, 5) is 44.1. The second-order valence-corrected chi connectivity index (χ2v) is 21.4. The first-order valence-corrected chi connectivity index (χ1v) is 25.5. The smallest absolute Gasteiger partial charge is 0.460 e. The molecule has 0 amide bonds. The fourth-order valence-electron chi connectivity index (χ4n) is 8.41. The number of anilines is 3. The Morgan fingerprint density at radius 3 is 1.70 bits per heavy atom. The first kappa shape index (κ1) is 58.3. The van der Waals surface area contributed by atoms with Crippen molar-refractivity contribution < 1.29 is 55.3 Å². The fourth-order valence-corrected chi connectivity index (χ4v) is 8.55. The van der Waals surface area contributed by atoms with Gasteiger partial charge in [-0.25, -0.2) is 32.5 Å². The third-order valence-corrected chi connectivity index (χ3v) is 13.6. The highest BCUT2D eigenvalue weighted by Gasteiger charge is 2.53. The van der Waals surface area contributed by atoms with Crippen molar-refractivity contribution in [3.8, 4) is 23.4 Å². The van der Waals surface area contributed by atoms with Crippen LogP contribution in [-0.2, 0) is 28.3 Å². The standard InChI is InChI=1S/C20H26F2N6O3.C15H22BF2N3O2.C14H21ClN4O3/c1-20(2)11-30-8-5-28(20)18-25-17(14-10-24-15(23)9-13(14)16(21)22)26-19(27-18)31-12-3-6-29-7-4-12;1-14(2)15(3,4)23-16(22-14)11-8-19-12(20-9-21(5)6)7-10(11)13(17)18;1-14(2)9-21-8-5-19(14)12-16-11(15)17-13(18-12)22-10-3-6-20-7-4-10/h9-10,12,16H,3-8,11H2,1-2H3,(H2,23,24);7-9,13H,1-6H3;10H,3-9H2,1-2H3. The van der Waals surface area contributed by atoms with Crippen LogP contribution in [0.25, 0.3) is 11.4 Å². The minimum Gasteiger partial charge on any atom is -0.460 e. The third kappa shape index (κ3) is 15.0. The average molecular weight is 1090 g/mol. The molecule has 27 heteroatoms. The maximum atomic E-state index is 13.7. The summed E-state index contributed by atoms with van der Waals surface area (Å²) < 4.78 is 99.7. The molecule has 416 valence electrons. The second kappa shape index (κ2) is 25.0. The maximum Gasteiger partial charge on any atom is 0.496 e. The molecule has 2 N–H and O–H groups in total. The minimum absolute atomic E-state index is 0.00122. The van der Waals surface area contributed by atoms with Crippen LogP contribution in [-0.4, -0.2) is 173 Å². The Morgan fingerprint density at radius 1 is 0.684 bits per heavy atom. The lowest BCUT2D eigenvalue weighted by Gasteiger charge is -2.42. The number of halogens is 5. The van der Waals surface area contributed by atoms with Crippen molar-refractivity contribution in [2.45, 2.75) is 128 Å². The molecule has 0 spiro atoms. The molecule has 5 aliphatic heterocycles. The molecule has 0 unspecified atom stereocenters. The van der Waals surface area contributed by atoms with E-state index in [1.807, 2.05) is 46.4 Å². The Morgan fingerprint density at radius 2 is 1.20 bits per heavy atom. The molecule has 5 fully saturated rings. The van der Waals surface area contributed by atoms with Gasteiger partial charge >= 0.3 is 19.1 Å². The highest BCUT2D eigenvalue weighted by molar-refractivity contribution is 6.62. The molecular formula is C49H69BClF4N13O8. The van der Waals surface area contributed by atoms with E-state index < -0.39 is 36.7 Å². The van der Waals surface area contributed by atoms with Gasteiger partial charge in [0.25, 0.3) is 12.9 Å². The molecule has 0 aliphatic carbocycles. The quantitative estimate of drug-likeness (QED) is 0.0661. The molecule has 5 aliphatic rings. The summed E-state index contributed by atoms with van der Waals surface area (Å²) in [7, 11) is 2.70. The van der Waals surface area contributed by atoms with Gasteiger partial charge in [-0.3, -0.25) is 0 Å². The Balaban J connectivity index is 0.000000169. The minimum atomic E-state index is -2.76. The molecule has 21 nitrogen and oxygen atoms in total. The van der Waals surface area contributed by atoms with Crippen LogP contribution in [0.3, 0.4) is 0 Å². The number of aromatic nitrogens is 8. The summed E-state index contributed by atoms with van der Waals surface area (Å²) >= 11 is 6.06. The highest BCUT2D eigenvalue weighted by Crippen LogP contribution is 2.38. The van der Waals surface area contributed by atoms with Crippen molar-refractivity contribution in [1.82, 2.24) is 44.8 Å². The zero-order valence-electron chi connectivity index (χ0n) is 44.8. The molecule has 5 saturated heterocycles. The lowest BCUT2D eigenvalue weighted by molar-refractivity contribution is 0.00578. The molecule has 4 aromatic heterocycles. The summed E-state index contributed by atoms with van der Waals surface area (Å²) in [6.07, 6.45) is 1.71. The average Bonchev–Trinajstić information content (AvgIpc) is 3.60. The Bertz CT molecular complexity index is 2580. The number of hydrogen-bond acceptors (Lipinski definition) is 20. The number of morpholine rings is 2. The monoisotopic (exact) mass is 1090 g/mol. The van der Waals surface area contributed by atoms with Gasteiger partial charge in [-0.1, -0.05) is 0 Å². The molecule has 0 bridgehead atoms. The van der Waals surface area contributed by atoms with Crippen molar-refractivity contribution >= 4 is 54.1 Å². The van der Waals surface area contributed by atoms with Gasteiger partial charge < -0.3 is 58.2 Å². The van der Waals surface area contributed by atoms with Crippen molar-refractivity contribution in [2.24, 2.45) is 4.99 Å². The first-order valence-electron chi connectivity index (χ1n) is 25.2. The topological polar surface area (TPSA) is 225 Å². The van der Waals surface area contributed by atoms with Gasteiger partial charge in [-0.05, 0) is 79.1 Å². The van der Waals surface area contributed by atoms with Crippen LogP contribution in [0, 0.1) is 0 Å². The number of pyridine rings is 2.